The summed E-state index contributed by atoms with van der Waals surface area (Å²) in [5.74, 6) is 0.598. The van der Waals surface area contributed by atoms with Crippen molar-refractivity contribution >= 4 is 36.4 Å². The first-order valence-corrected chi connectivity index (χ1v) is 10.2. The Hall–Kier alpha value is -1.79. The minimum atomic E-state index is -0.442. The SMILES string of the molecule is Cl.Cl.Nc1ccccc1CCC(=O)NCC1CCN(CC(O)c2ccccc2)CC1. The zero-order valence-electron chi connectivity index (χ0n) is 17.2. The summed E-state index contributed by atoms with van der Waals surface area (Å²) in [5.41, 5.74) is 8.68. The molecule has 2 aromatic carbocycles. The predicted molar refractivity (Wildman–Crippen MR) is 127 cm³/mol. The van der Waals surface area contributed by atoms with Gasteiger partial charge in [-0.3, -0.25) is 4.79 Å². The molecule has 7 heteroatoms. The van der Waals surface area contributed by atoms with Crippen LogP contribution in [0.1, 0.15) is 36.5 Å². The Labute approximate surface area is 191 Å². The fraction of sp³-hybridized carbons (Fsp3) is 0.435. The first kappa shape index (κ1) is 26.2. The number of halogens is 2. The van der Waals surface area contributed by atoms with Crippen LogP contribution in [0.2, 0.25) is 0 Å². The van der Waals surface area contributed by atoms with Crippen molar-refractivity contribution in [2.45, 2.75) is 31.8 Å². The number of piperidine rings is 1. The molecule has 0 bridgehead atoms. The number of hydrogen-bond acceptors (Lipinski definition) is 4. The molecule has 0 spiro atoms. The van der Waals surface area contributed by atoms with E-state index in [1.807, 2.05) is 54.6 Å². The summed E-state index contributed by atoms with van der Waals surface area (Å²) < 4.78 is 0. The largest absolute Gasteiger partial charge is 0.399 e. The molecule has 1 aliphatic heterocycles. The van der Waals surface area contributed by atoms with Crippen molar-refractivity contribution in [2.75, 3.05) is 31.9 Å². The second kappa shape index (κ2) is 13.5. The molecule has 1 fully saturated rings. The molecule has 1 heterocycles. The van der Waals surface area contributed by atoms with Gasteiger partial charge in [-0.15, -0.1) is 24.8 Å². The third-order valence-electron chi connectivity index (χ3n) is 5.59. The highest BCUT2D eigenvalue weighted by molar-refractivity contribution is 5.85. The molecule has 5 nitrogen and oxygen atoms in total. The van der Waals surface area contributed by atoms with Gasteiger partial charge in [0, 0.05) is 25.2 Å². The lowest BCUT2D eigenvalue weighted by Crippen LogP contribution is -2.40. The van der Waals surface area contributed by atoms with E-state index in [1.165, 1.54) is 0 Å². The van der Waals surface area contributed by atoms with Crippen LogP contribution in [0.15, 0.2) is 54.6 Å². The maximum atomic E-state index is 12.1. The van der Waals surface area contributed by atoms with E-state index in [4.69, 9.17) is 5.73 Å². The van der Waals surface area contributed by atoms with Gasteiger partial charge < -0.3 is 21.1 Å². The summed E-state index contributed by atoms with van der Waals surface area (Å²) >= 11 is 0. The van der Waals surface area contributed by atoms with Gasteiger partial charge in [0.05, 0.1) is 6.10 Å². The monoisotopic (exact) mass is 453 g/mol. The number of nitrogens with one attached hydrogen (secondary N) is 1. The van der Waals surface area contributed by atoms with Crippen molar-refractivity contribution in [2.24, 2.45) is 5.92 Å². The average molecular weight is 454 g/mol. The van der Waals surface area contributed by atoms with Gasteiger partial charge in [0.2, 0.25) is 5.91 Å². The van der Waals surface area contributed by atoms with Crippen molar-refractivity contribution in [1.82, 2.24) is 10.2 Å². The highest BCUT2D eigenvalue weighted by Crippen LogP contribution is 2.20. The van der Waals surface area contributed by atoms with Crippen LogP contribution in [-0.4, -0.2) is 42.1 Å². The first-order valence-electron chi connectivity index (χ1n) is 10.2. The number of amides is 1. The lowest BCUT2D eigenvalue weighted by Gasteiger charge is -2.33. The number of anilines is 1. The van der Waals surface area contributed by atoms with E-state index in [9.17, 15) is 9.90 Å². The van der Waals surface area contributed by atoms with Crippen LogP contribution in [-0.2, 0) is 11.2 Å². The molecule has 166 valence electrons. The van der Waals surface area contributed by atoms with Crippen LogP contribution in [0.5, 0.6) is 0 Å². The van der Waals surface area contributed by atoms with Crippen molar-refractivity contribution in [1.29, 1.82) is 0 Å². The van der Waals surface area contributed by atoms with Crippen LogP contribution >= 0.6 is 24.8 Å². The second-order valence-corrected chi connectivity index (χ2v) is 7.67. The highest BCUT2D eigenvalue weighted by Gasteiger charge is 2.22. The van der Waals surface area contributed by atoms with E-state index in [0.29, 0.717) is 25.3 Å². The Kier molecular flexibility index (Phi) is 11.8. The maximum Gasteiger partial charge on any atom is 0.220 e. The summed E-state index contributed by atoms with van der Waals surface area (Å²) in [6, 6.07) is 17.5. The molecule has 1 aliphatic rings. The number of nitrogens with two attached hydrogens (primary N) is 1. The third-order valence-corrected chi connectivity index (χ3v) is 5.59. The quantitative estimate of drug-likeness (QED) is 0.533. The number of aliphatic hydroxyl groups is 1. The fourth-order valence-electron chi connectivity index (χ4n) is 3.75. The summed E-state index contributed by atoms with van der Waals surface area (Å²) in [4.78, 5) is 14.5. The highest BCUT2D eigenvalue weighted by atomic mass is 35.5. The van der Waals surface area contributed by atoms with E-state index in [0.717, 1.165) is 49.3 Å². The number of para-hydroxylation sites is 1. The standard InChI is InChI=1S/C23H31N3O2.2ClH/c24-21-9-5-4-6-19(21)10-11-23(28)25-16-18-12-14-26(15-13-18)17-22(27)20-7-2-1-3-8-20;;/h1-9,18,22,27H,10-17,24H2,(H,25,28);2*1H. The number of likely N-dealkylation sites (tertiary alicyclic amines) is 1. The third kappa shape index (κ3) is 8.15. The molecule has 30 heavy (non-hydrogen) atoms. The topological polar surface area (TPSA) is 78.6 Å². The molecule has 2 aromatic rings. The molecule has 1 saturated heterocycles. The number of β-amino-alcohol motifs (C(OH)–C–C–N with tert-alkyl or cyclic N) is 1. The maximum absolute atomic E-state index is 12.1. The van der Waals surface area contributed by atoms with Gasteiger partial charge in [-0.25, -0.2) is 0 Å². The number of carbonyl (C=O) groups excluding carboxylic acids is 1. The molecular formula is C23H33Cl2N3O2. The van der Waals surface area contributed by atoms with Gasteiger partial charge in [0.15, 0.2) is 0 Å². The van der Waals surface area contributed by atoms with Crippen LogP contribution < -0.4 is 11.1 Å². The van der Waals surface area contributed by atoms with Gasteiger partial charge in [-0.1, -0.05) is 48.5 Å². The Morgan fingerprint density at radius 1 is 1.07 bits per heavy atom. The average Bonchev–Trinajstić information content (AvgIpc) is 2.73. The number of aryl methyl sites for hydroxylation is 1. The van der Waals surface area contributed by atoms with Crippen molar-refractivity contribution in [3.05, 3.63) is 65.7 Å². The van der Waals surface area contributed by atoms with Crippen molar-refractivity contribution < 1.29 is 9.90 Å². The van der Waals surface area contributed by atoms with Gasteiger partial charge in [0.25, 0.3) is 0 Å². The molecule has 0 aliphatic carbocycles. The number of nitrogens with zero attached hydrogens (tertiary/aromatic N) is 1. The van der Waals surface area contributed by atoms with E-state index in [1.54, 1.807) is 0 Å². The zero-order valence-corrected chi connectivity index (χ0v) is 18.8. The van der Waals surface area contributed by atoms with Crippen LogP contribution in [0.3, 0.4) is 0 Å². The lowest BCUT2D eigenvalue weighted by atomic mass is 9.96. The molecule has 3 rings (SSSR count). The smallest absolute Gasteiger partial charge is 0.220 e. The first-order chi connectivity index (χ1) is 13.6. The Morgan fingerprint density at radius 2 is 1.70 bits per heavy atom. The molecule has 0 saturated carbocycles. The van der Waals surface area contributed by atoms with Crippen molar-refractivity contribution in [3.8, 4) is 0 Å². The Bertz CT molecular complexity index is 753. The summed E-state index contributed by atoms with van der Waals surface area (Å²) in [5, 5.41) is 13.5. The Morgan fingerprint density at radius 3 is 2.37 bits per heavy atom. The predicted octanol–water partition coefficient (Wildman–Crippen LogP) is 3.61. The van der Waals surface area contributed by atoms with Crippen molar-refractivity contribution in [3.63, 3.8) is 0 Å². The molecule has 4 N–H and O–H groups in total. The number of hydrogen-bond donors (Lipinski definition) is 3. The Balaban J connectivity index is 0.00000225. The summed E-state index contributed by atoms with van der Waals surface area (Å²) in [7, 11) is 0. The van der Waals surface area contributed by atoms with Crippen LogP contribution in [0.25, 0.3) is 0 Å². The van der Waals surface area contributed by atoms with Gasteiger partial charge in [0.1, 0.15) is 0 Å². The minimum absolute atomic E-state index is 0. The minimum Gasteiger partial charge on any atom is -0.399 e. The van der Waals surface area contributed by atoms with E-state index < -0.39 is 6.10 Å². The van der Waals surface area contributed by atoms with E-state index in [2.05, 4.69) is 10.2 Å². The molecular weight excluding hydrogens is 421 g/mol. The van der Waals surface area contributed by atoms with E-state index in [-0.39, 0.29) is 30.7 Å². The van der Waals surface area contributed by atoms with Crippen LogP contribution in [0.4, 0.5) is 5.69 Å². The van der Waals surface area contributed by atoms with Gasteiger partial charge >= 0.3 is 0 Å². The van der Waals surface area contributed by atoms with Crippen LogP contribution in [0, 0.1) is 5.92 Å². The number of carbonyl (C=O) groups is 1. The molecule has 0 aromatic heterocycles. The number of aliphatic hydroxyl groups excluding tert-OH is 1. The molecule has 1 atom stereocenters. The van der Waals surface area contributed by atoms with Gasteiger partial charge in [-0.05, 0) is 55.5 Å². The number of rotatable bonds is 8. The zero-order chi connectivity index (χ0) is 19.8. The fourth-order valence-corrected chi connectivity index (χ4v) is 3.75. The molecule has 0 radical (unpaired) electrons. The lowest BCUT2D eigenvalue weighted by molar-refractivity contribution is -0.121. The van der Waals surface area contributed by atoms with E-state index >= 15 is 0 Å². The number of nitrogen functional groups attached to an aromatic ring is 1. The molecule has 1 unspecified atom stereocenters. The van der Waals surface area contributed by atoms with Gasteiger partial charge in [-0.2, -0.15) is 0 Å². The second-order valence-electron chi connectivity index (χ2n) is 7.67. The normalized spacial score (nSPS) is 15.5. The number of benzene rings is 2. The molecule has 1 amide bonds. The summed E-state index contributed by atoms with van der Waals surface area (Å²) in [6.07, 6.45) is 2.80. The summed E-state index contributed by atoms with van der Waals surface area (Å²) in [6.45, 7) is 3.33.